The van der Waals surface area contributed by atoms with Crippen LogP contribution in [0, 0.1) is 6.92 Å². The van der Waals surface area contributed by atoms with Crippen LogP contribution in [0.4, 0.5) is 5.82 Å². The number of carbonyl (C=O) groups excluding carboxylic acids is 1. The first kappa shape index (κ1) is 14.7. The minimum Gasteiger partial charge on any atom is -0.306 e. The molecule has 22 heavy (non-hydrogen) atoms. The van der Waals surface area contributed by atoms with Crippen molar-refractivity contribution in [3.8, 4) is 10.6 Å². The first-order valence-electron chi connectivity index (χ1n) is 6.60. The van der Waals surface area contributed by atoms with Gasteiger partial charge in [0.05, 0.1) is 10.7 Å². The third-order valence-corrected chi connectivity index (χ3v) is 4.53. The van der Waals surface area contributed by atoms with Gasteiger partial charge in [0.25, 0.3) is 5.91 Å². The summed E-state index contributed by atoms with van der Waals surface area (Å²) in [6.07, 6.45) is 1.63. The molecule has 0 bridgehead atoms. The zero-order chi connectivity index (χ0) is 15.5. The van der Waals surface area contributed by atoms with Crippen molar-refractivity contribution in [2.24, 2.45) is 0 Å². The molecule has 0 saturated carbocycles. The van der Waals surface area contributed by atoms with Gasteiger partial charge in [-0.3, -0.25) is 4.79 Å². The van der Waals surface area contributed by atoms with Gasteiger partial charge >= 0.3 is 0 Å². The van der Waals surface area contributed by atoms with Gasteiger partial charge in [0.1, 0.15) is 15.7 Å². The molecule has 2 aromatic heterocycles. The average molecular weight is 330 g/mol. The number of amides is 1. The van der Waals surface area contributed by atoms with Crippen molar-refractivity contribution in [2.45, 2.75) is 6.92 Å². The Bertz CT molecular complexity index is 817. The smallest absolute Gasteiger partial charge is 0.268 e. The molecule has 0 fully saturated rings. The summed E-state index contributed by atoms with van der Waals surface area (Å²) in [5.74, 6) is 0.298. The summed E-state index contributed by atoms with van der Waals surface area (Å²) in [6.45, 7) is 1.81. The van der Waals surface area contributed by atoms with Crippen LogP contribution in [0.1, 0.15) is 15.4 Å². The van der Waals surface area contributed by atoms with Crippen LogP contribution in [-0.2, 0) is 0 Å². The summed E-state index contributed by atoms with van der Waals surface area (Å²) < 4.78 is 0. The van der Waals surface area contributed by atoms with Crippen LogP contribution < -0.4 is 5.32 Å². The second kappa shape index (κ2) is 6.25. The molecule has 1 amide bonds. The first-order chi connectivity index (χ1) is 10.6. The number of thiazole rings is 1. The number of nitrogens with one attached hydrogen (secondary N) is 1. The van der Waals surface area contributed by atoms with Gasteiger partial charge in [0, 0.05) is 11.8 Å². The summed E-state index contributed by atoms with van der Waals surface area (Å²) in [6, 6.07) is 12.8. The van der Waals surface area contributed by atoms with E-state index in [9.17, 15) is 4.79 Å². The summed E-state index contributed by atoms with van der Waals surface area (Å²) in [4.78, 5) is 21.4. The maximum Gasteiger partial charge on any atom is 0.268 e. The molecule has 0 aliphatic rings. The van der Waals surface area contributed by atoms with Crippen LogP contribution in [0.5, 0.6) is 0 Å². The molecule has 4 nitrogen and oxygen atoms in total. The van der Waals surface area contributed by atoms with Crippen molar-refractivity contribution in [3.05, 3.63) is 64.3 Å². The van der Waals surface area contributed by atoms with Crippen molar-refractivity contribution < 1.29 is 4.79 Å². The maximum absolute atomic E-state index is 12.4. The van der Waals surface area contributed by atoms with Crippen LogP contribution in [0.15, 0.2) is 48.7 Å². The number of nitrogens with zero attached hydrogens (tertiary/aromatic N) is 2. The fourth-order valence-electron chi connectivity index (χ4n) is 1.97. The molecule has 0 aliphatic carbocycles. The Hall–Kier alpha value is -2.24. The van der Waals surface area contributed by atoms with E-state index in [1.807, 2.05) is 31.2 Å². The van der Waals surface area contributed by atoms with E-state index in [-0.39, 0.29) is 5.91 Å². The minimum absolute atomic E-state index is 0.216. The molecule has 0 unspecified atom stereocenters. The highest BCUT2D eigenvalue weighted by molar-refractivity contribution is 7.17. The molecule has 0 saturated heterocycles. The third-order valence-electron chi connectivity index (χ3n) is 3.01. The molecular weight excluding hydrogens is 318 g/mol. The Morgan fingerprint density at radius 2 is 1.95 bits per heavy atom. The van der Waals surface area contributed by atoms with Gasteiger partial charge < -0.3 is 5.32 Å². The number of hydrogen-bond acceptors (Lipinski definition) is 4. The lowest BCUT2D eigenvalue weighted by Gasteiger charge is -2.01. The van der Waals surface area contributed by atoms with Crippen LogP contribution in [0.2, 0.25) is 5.02 Å². The van der Waals surface area contributed by atoms with Crippen molar-refractivity contribution >= 4 is 34.7 Å². The van der Waals surface area contributed by atoms with E-state index in [1.54, 1.807) is 24.4 Å². The minimum atomic E-state index is -0.216. The van der Waals surface area contributed by atoms with Crippen molar-refractivity contribution in [3.63, 3.8) is 0 Å². The molecule has 0 atom stereocenters. The number of hydrogen-bond donors (Lipinski definition) is 1. The van der Waals surface area contributed by atoms with E-state index in [4.69, 9.17) is 11.6 Å². The topological polar surface area (TPSA) is 54.9 Å². The lowest BCUT2D eigenvalue weighted by atomic mass is 10.2. The monoisotopic (exact) mass is 329 g/mol. The molecule has 3 aromatic rings. The zero-order valence-corrected chi connectivity index (χ0v) is 13.3. The highest BCUT2D eigenvalue weighted by Crippen LogP contribution is 2.32. The Labute approximate surface area is 136 Å². The number of halogens is 1. The van der Waals surface area contributed by atoms with Gasteiger partial charge in [-0.2, -0.15) is 0 Å². The Balaban J connectivity index is 1.90. The van der Waals surface area contributed by atoms with E-state index in [0.717, 1.165) is 10.6 Å². The predicted molar refractivity (Wildman–Crippen MR) is 89.5 cm³/mol. The van der Waals surface area contributed by atoms with Gasteiger partial charge in [-0.05, 0) is 25.1 Å². The number of anilines is 1. The van der Waals surface area contributed by atoms with E-state index in [0.29, 0.717) is 21.4 Å². The molecule has 1 aromatic carbocycles. The normalized spacial score (nSPS) is 10.5. The first-order valence-corrected chi connectivity index (χ1v) is 7.79. The van der Waals surface area contributed by atoms with Gasteiger partial charge in [-0.25, -0.2) is 9.97 Å². The number of pyridine rings is 1. The largest absolute Gasteiger partial charge is 0.306 e. The molecular formula is C16H12ClN3OS. The van der Waals surface area contributed by atoms with Gasteiger partial charge in [-0.15, -0.1) is 11.3 Å². The number of benzene rings is 1. The van der Waals surface area contributed by atoms with Gasteiger partial charge in [0.15, 0.2) is 0 Å². The number of carbonyl (C=O) groups is 1. The Kier molecular flexibility index (Phi) is 4.18. The standard InChI is InChI=1S/C16H12ClN3OS/c1-10-14(15(21)20-13-8-4-5-9-18-13)22-16(19-10)11-6-2-3-7-12(11)17/h2-9H,1H3,(H,18,20,21). The summed E-state index contributed by atoms with van der Waals surface area (Å²) in [5.41, 5.74) is 1.50. The zero-order valence-electron chi connectivity index (χ0n) is 11.7. The third kappa shape index (κ3) is 3.00. The van der Waals surface area contributed by atoms with Gasteiger partial charge in [-0.1, -0.05) is 35.9 Å². The molecule has 110 valence electrons. The average Bonchev–Trinajstić information content (AvgIpc) is 2.90. The van der Waals surface area contributed by atoms with E-state index >= 15 is 0 Å². The Morgan fingerprint density at radius 1 is 1.18 bits per heavy atom. The Morgan fingerprint density at radius 3 is 2.68 bits per heavy atom. The fourth-order valence-corrected chi connectivity index (χ4v) is 3.25. The predicted octanol–water partition coefficient (Wildman–Crippen LogP) is 4.42. The molecule has 1 N–H and O–H groups in total. The van der Waals surface area contributed by atoms with Crippen LogP contribution in [0.3, 0.4) is 0 Å². The number of aromatic nitrogens is 2. The molecule has 6 heteroatoms. The highest BCUT2D eigenvalue weighted by atomic mass is 35.5. The lowest BCUT2D eigenvalue weighted by Crippen LogP contribution is -2.12. The number of rotatable bonds is 3. The molecule has 0 radical (unpaired) electrons. The maximum atomic E-state index is 12.4. The molecule has 0 aliphatic heterocycles. The molecule has 0 spiro atoms. The second-order valence-electron chi connectivity index (χ2n) is 4.58. The molecule has 2 heterocycles. The van der Waals surface area contributed by atoms with Gasteiger partial charge in [0.2, 0.25) is 0 Å². The second-order valence-corrected chi connectivity index (χ2v) is 5.99. The van der Waals surface area contributed by atoms with Crippen molar-refractivity contribution in [1.82, 2.24) is 9.97 Å². The van der Waals surface area contributed by atoms with E-state index in [2.05, 4.69) is 15.3 Å². The van der Waals surface area contributed by atoms with Crippen molar-refractivity contribution in [2.75, 3.05) is 5.32 Å². The lowest BCUT2D eigenvalue weighted by molar-refractivity contribution is 0.102. The van der Waals surface area contributed by atoms with E-state index in [1.165, 1.54) is 11.3 Å². The van der Waals surface area contributed by atoms with Crippen LogP contribution in [0.25, 0.3) is 10.6 Å². The highest BCUT2D eigenvalue weighted by Gasteiger charge is 2.17. The fraction of sp³-hybridized carbons (Fsp3) is 0.0625. The quantitative estimate of drug-likeness (QED) is 0.774. The molecule has 3 rings (SSSR count). The SMILES string of the molecule is Cc1nc(-c2ccccc2Cl)sc1C(=O)Nc1ccccn1. The summed E-state index contributed by atoms with van der Waals surface area (Å²) in [7, 11) is 0. The van der Waals surface area contributed by atoms with Crippen molar-refractivity contribution in [1.29, 1.82) is 0 Å². The summed E-state index contributed by atoms with van der Waals surface area (Å²) >= 11 is 7.50. The van der Waals surface area contributed by atoms with Crippen LogP contribution in [-0.4, -0.2) is 15.9 Å². The van der Waals surface area contributed by atoms with Crippen LogP contribution >= 0.6 is 22.9 Å². The number of aryl methyl sites for hydroxylation is 1. The van der Waals surface area contributed by atoms with E-state index < -0.39 is 0 Å². The summed E-state index contributed by atoms with van der Waals surface area (Å²) in [5, 5.41) is 4.12.